The summed E-state index contributed by atoms with van der Waals surface area (Å²) in [5, 5.41) is 1.09. The van der Waals surface area contributed by atoms with E-state index in [2.05, 4.69) is 27.9 Å². The number of fused-ring (bicyclic) bond motifs is 1. The summed E-state index contributed by atoms with van der Waals surface area (Å²) < 4.78 is 0. The first kappa shape index (κ1) is 15.2. The average molecular weight is 308 g/mol. The fourth-order valence-electron chi connectivity index (χ4n) is 2.75. The normalized spacial score (nSPS) is 12.3. The van der Waals surface area contributed by atoms with E-state index in [1.165, 1.54) is 11.9 Å². The topological polar surface area (TPSA) is 61.9 Å². The number of aryl methyl sites for hydroxylation is 2. The average Bonchev–Trinajstić information content (AvgIpc) is 2.90. The third kappa shape index (κ3) is 2.70. The van der Waals surface area contributed by atoms with Crippen molar-refractivity contribution in [1.82, 2.24) is 19.9 Å². The van der Waals surface area contributed by atoms with Crippen molar-refractivity contribution in [3.8, 4) is 0 Å². The van der Waals surface area contributed by atoms with Crippen molar-refractivity contribution in [3.05, 3.63) is 59.3 Å². The van der Waals surface area contributed by atoms with Gasteiger partial charge in [-0.25, -0.2) is 9.97 Å². The highest BCUT2D eigenvalue weighted by atomic mass is 16.2. The van der Waals surface area contributed by atoms with Crippen LogP contribution in [0.4, 0.5) is 0 Å². The summed E-state index contributed by atoms with van der Waals surface area (Å²) in [4.78, 5) is 26.0. The Kier molecular flexibility index (Phi) is 3.86. The van der Waals surface area contributed by atoms with Crippen LogP contribution in [0.25, 0.3) is 10.9 Å². The number of benzene rings is 1. The second-order valence-electron chi connectivity index (χ2n) is 5.90. The molecule has 1 amide bonds. The molecule has 0 bridgehead atoms. The minimum Gasteiger partial charge on any atom is -0.350 e. The van der Waals surface area contributed by atoms with E-state index >= 15 is 0 Å². The lowest BCUT2D eigenvalue weighted by molar-refractivity contribution is 0.0734. The largest absolute Gasteiger partial charge is 0.350 e. The van der Waals surface area contributed by atoms with Gasteiger partial charge in [0, 0.05) is 24.1 Å². The van der Waals surface area contributed by atoms with Crippen molar-refractivity contribution in [2.75, 3.05) is 7.05 Å². The molecule has 2 heterocycles. The first-order valence-corrected chi connectivity index (χ1v) is 7.61. The first-order chi connectivity index (χ1) is 11.0. The molecule has 3 aromatic rings. The summed E-state index contributed by atoms with van der Waals surface area (Å²) in [6.07, 6.45) is 3.19. The SMILES string of the molecule is Cc1ccc2[nH]c(C(=O)N(C)[C@H](C)c3ccncn3)c(C)c2c1. The van der Waals surface area contributed by atoms with E-state index in [9.17, 15) is 4.79 Å². The Hall–Kier alpha value is -2.69. The van der Waals surface area contributed by atoms with E-state index < -0.39 is 0 Å². The second kappa shape index (κ2) is 5.83. The van der Waals surface area contributed by atoms with Gasteiger partial charge in [-0.1, -0.05) is 11.6 Å². The van der Waals surface area contributed by atoms with Crippen molar-refractivity contribution in [2.24, 2.45) is 0 Å². The van der Waals surface area contributed by atoms with E-state index in [-0.39, 0.29) is 11.9 Å². The molecule has 0 radical (unpaired) electrons. The van der Waals surface area contributed by atoms with Gasteiger partial charge in [-0.15, -0.1) is 0 Å². The lowest BCUT2D eigenvalue weighted by Gasteiger charge is -2.24. The van der Waals surface area contributed by atoms with Crippen molar-refractivity contribution >= 4 is 16.8 Å². The number of aromatic nitrogens is 3. The van der Waals surface area contributed by atoms with Gasteiger partial charge in [-0.2, -0.15) is 0 Å². The Bertz CT molecular complexity index is 854. The molecule has 0 saturated heterocycles. The van der Waals surface area contributed by atoms with Gasteiger partial charge in [0.2, 0.25) is 0 Å². The molecule has 0 aliphatic carbocycles. The van der Waals surface area contributed by atoms with Gasteiger partial charge >= 0.3 is 0 Å². The number of nitrogens with zero attached hydrogens (tertiary/aromatic N) is 3. The standard InChI is InChI=1S/C18H20N4O/c1-11-5-6-16-14(9-11)12(2)17(21-16)18(23)22(4)13(3)15-7-8-19-10-20-15/h5-10,13,21H,1-4H3/t13-/m1/s1. The molecule has 5 nitrogen and oxygen atoms in total. The summed E-state index contributed by atoms with van der Waals surface area (Å²) >= 11 is 0. The van der Waals surface area contributed by atoms with Crippen LogP contribution in [0.3, 0.4) is 0 Å². The number of hydrogen-bond donors (Lipinski definition) is 1. The van der Waals surface area contributed by atoms with Crippen LogP contribution >= 0.6 is 0 Å². The van der Waals surface area contributed by atoms with E-state index in [1.807, 2.05) is 32.0 Å². The van der Waals surface area contributed by atoms with Gasteiger partial charge in [-0.3, -0.25) is 4.79 Å². The molecule has 1 aromatic carbocycles. The van der Waals surface area contributed by atoms with Crippen LogP contribution in [0.1, 0.15) is 40.3 Å². The van der Waals surface area contributed by atoms with Crippen LogP contribution in [0.2, 0.25) is 0 Å². The first-order valence-electron chi connectivity index (χ1n) is 7.61. The molecule has 0 aliphatic heterocycles. The monoisotopic (exact) mass is 308 g/mol. The van der Waals surface area contributed by atoms with Crippen molar-refractivity contribution in [1.29, 1.82) is 0 Å². The highest BCUT2D eigenvalue weighted by Gasteiger charge is 2.23. The molecule has 23 heavy (non-hydrogen) atoms. The molecule has 118 valence electrons. The fraction of sp³-hybridized carbons (Fsp3) is 0.278. The minimum atomic E-state index is -0.127. The Morgan fingerprint density at radius 2 is 2.04 bits per heavy atom. The highest BCUT2D eigenvalue weighted by molar-refractivity contribution is 6.01. The van der Waals surface area contributed by atoms with Gasteiger partial charge in [0.15, 0.2) is 0 Å². The molecule has 1 N–H and O–H groups in total. The number of carbonyl (C=O) groups is 1. The maximum atomic E-state index is 12.9. The smallest absolute Gasteiger partial charge is 0.270 e. The summed E-state index contributed by atoms with van der Waals surface area (Å²) in [5.41, 5.74) is 4.60. The van der Waals surface area contributed by atoms with Gasteiger partial charge in [0.1, 0.15) is 12.0 Å². The summed E-state index contributed by atoms with van der Waals surface area (Å²) in [7, 11) is 1.80. The van der Waals surface area contributed by atoms with Crippen molar-refractivity contribution in [3.63, 3.8) is 0 Å². The molecule has 0 saturated carbocycles. The quantitative estimate of drug-likeness (QED) is 0.806. The maximum absolute atomic E-state index is 12.9. The van der Waals surface area contributed by atoms with E-state index in [1.54, 1.807) is 18.1 Å². The Labute approximate surface area is 135 Å². The lowest BCUT2D eigenvalue weighted by atomic mass is 10.1. The van der Waals surface area contributed by atoms with Gasteiger partial charge in [-0.05, 0) is 44.5 Å². The summed E-state index contributed by atoms with van der Waals surface area (Å²) in [6.45, 7) is 5.99. The minimum absolute atomic E-state index is 0.0394. The van der Waals surface area contributed by atoms with E-state index in [0.717, 1.165) is 22.2 Å². The van der Waals surface area contributed by atoms with Crippen molar-refractivity contribution < 1.29 is 4.79 Å². The van der Waals surface area contributed by atoms with E-state index in [4.69, 9.17) is 0 Å². The molecular formula is C18H20N4O. The predicted octanol–water partition coefficient (Wildman–Crippen LogP) is 3.41. The third-order valence-corrected chi connectivity index (χ3v) is 4.36. The lowest BCUT2D eigenvalue weighted by Crippen LogP contribution is -2.30. The zero-order valence-corrected chi connectivity index (χ0v) is 13.8. The molecule has 0 fully saturated rings. The molecule has 2 aromatic heterocycles. The van der Waals surface area contributed by atoms with Crippen LogP contribution in [0, 0.1) is 13.8 Å². The molecule has 1 atom stereocenters. The molecule has 5 heteroatoms. The second-order valence-corrected chi connectivity index (χ2v) is 5.90. The maximum Gasteiger partial charge on any atom is 0.270 e. The molecule has 0 aliphatic rings. The zero-order chi connectivity index (χ0) is 16.6. The van der Waals surface area contributed by atoms with Gasteiger partial charge in [0.25, 0.3) is 5.91 Å². The van der Waals surface area contributed by atoms with Crippen molar-refractivity contribution in [2.45, 2.75) is 26.8 Å². The zero-order valence-electron chi connectivity index (χ0n) is 13.8. The molecule has 0 unspecified atom stereocenters. The summed E-state index contributed by atoms with van der Waals surface area (Å²) in [5.74, 6) is -0.0394. The number of hydrogen-bond acceptors (Lipinski definition) is 3. The van der Waals surface area contributed by atoms with E-state index in [0.29, 0.717) is 5.69 Å². The van der Waals surface area contributed by atoms with Crippen LogP contribution in [0.15, 0.2) is 36.8 Å². The number of nitrogens with one attached hydrogen (secondary N) is 1. The highest BCUT2D eigenvalue weighted by Crippen LogP contribution is 2.25. The Morgan fingerprint density at radius 3 is 2.74 bits per heavy atom. The Morgan fingerprint density at radius 1 is 1.26 bits per heavy atom. The van der Waals surface area contributed by atoms with Crippen LogP contribution in [0.5, 0.6) is 0 Å². The predicted molar refractivity (Wildman–Crippen MR) is 90.3 cm³/mol. The third-order valence-electron chi connectivity index (χ3n) is 4.36. The number of carbonyl (C=O) groups excluding carboxylic acids is 1. The van der Waals surface area contributed by atoms with Crippen LogP contribution < -0.4 is 0 Å². The fourth-order valence-corrected chi connectivity index (χ4v) is 2.75. The molecular weight excluding hydrogens is 288 g/mol. The number of aromatic amines is 1. The molecule has 0 spiro atoms. The number of amides is 1. The van der Waals surface area contributed by atoms with Crippen LogP contribution in [-0.4, -0.2) is 32.8 Å². The van der Waals surface area contributed by atoms with Gasteiger partial charge < -0.3 is 9.88 Å². The molecule has 3 rings (SSSR count). The number of rotatable bonds is 3. The number of H-pyrrole nitrogens is 1. The van der Waals surface area contributed by atoms with Gasteiger partial charge in [0.05, 0.1) is 11.7 Å². The summed E-state index contributed by atoms with van der Waals surface area (Å²) in [6, 6.07) is 7.86. The van der Waals surface area contributed by atoms with Crippen LogP contribution in [-0.2, 0) is 0 Å². The Balaban J connectivity index is 1.95.